The summed E-state index contributed by atoms with van der Waals surface area (Å²) < 4.78 is 5.02. The molecule has 0 aromatic heterocycles. The molecule has 3 rings (SSSR count). The summed E-state index contributed by atoms with van der Waals surface area (Å²) in [5, 5.41) is 10.8. The Morgan fingerprint density at radius 2 is 1.90 bits per heavy atom. The van der Waals surface area contributed by atoms with Crippen molar-refractivity contribution in [1.29, 1.82) is 0 Å². The van der Waals surface area contributed by atoms with Crippen LogP contribution < -0.4 is 4.90 Å². The number of anilines is 1. The summed E-state index contributed by atoms with van der Waals surface area (Å²) in [5.74, 6) is -1.02. The van der Waals surface area contributed by atoms with Gasteiger partial charge >= 0.3 is 5.97 Å². The van der Waals surface area contributed by atoms with E-state index in [-0.39, 0.29) is 23.5 Å². The van der Waals surface area contributed by atoms with Crippen molar-refractivity contribution in [2.45, 2.75) is 19.3 Å². The molecule has 154 valence electrons. The van der Waals surface area contributed by atoms with E-state index >= 15 is 0 Å². The van der Waals surface area contributed by atoms with E-state index < -0.39 is 10.9 Å². The molecule has 2 aromatic rings. The third kappa shape index (κ3) is 4.30. The van der Waals surface area contributed by atoms with Gasteiger partial charge in [-0.3, -0.25) is 14.9 Å². The van der Waals surface area contributed by atoms with Gasteiger partial charge in [0, 0.05) is 48.1 Å². The Bertz CT molecular complexity index is 1070. The predicted octanol–water partition coefficient (Wildman–Crippen LogP) is 4.03. The van der Waals surface area contributed by atoms with Gasteiger partial charge in [0.2, 0.25) is 0 Å². The van der Waals surface area contributed by atoms with Crippen LogP contribution in [0.3, 0.4) is 0 Å². The van der Waals surface area contributed by atoms with Crippen molar-refractivity contribution in [2.24, 2.45) is 0 Å². The average molecular weight is 406 g/mol. The van der Waals surface area contributed by atoms with Gasteiger partial charge in [0.15, 0.2) is 12.4 Å². The fraction of sp³-hybridized carbons (Fsp3) is 0.217. The Hall–Kier alpha value is -3.74. The maximum absolute atomic E-state index is 12.4. The van der Waals surface area contributed by atoms with Crippen molar-refractivity contribution in [1.82, 2.24) is 0 Å². The molecule has 2 aromatic carbocycles. The molecular weight excluding hydrogens is 384 g/mol. The molecule has 0 bridgehead atoms. The van der Waals surface area contributed by atoms with Crippen LogP contribution in [0.2, 0.25) is 0 Å². The molecule has 1 aliphatic rings. The Labute approximate surface area is 174 Å². The number of likely N-dealkylation sites (N-methyl/N-ethyl adjacent to an activating group) is 1. The maximum Gasteiger partial charge on any atom is 0.331 e. The SMILES string of the molecule is CN1C(=CC(=O)COC(=O)C=Cc2cccc([N+](=O)[O-])c2)C(C)(C)c2ccccc21. The second kappa shape index (κ2) is 8.32. The molecule has 0 fully saturated rings. The van der Waals surface area contributed by atoms with Crippen LogP contribution in [0, 0.1) is 10.1 Å². The summed E-state index contributed by atoms with van der Waals surface area (Å²) in [6, 6.07) is 13.8. The van der Waals surface area contributed by atoms with Crippen molar-refractivity contribution in [3.63, 3.8) is 0 Å². The summed E-state index contributed by atoms with van der Waals surface area (Å²) in [4.78, 5) is 36.6. The van der Waals surface area contributed by atoms with Crippen LogP contribution in [0.1, 0.15) is 25.0 Å². The molecule has 1 heterocycles. The second-order valence-electron chi connectivity index (χ2n) is 7.49. The Balaban J connectivity index is 1.63. The zero-order valence-corrected chi connectivity index (χ0v) is 17.0. The minimum atomic E-state index is -0.699. The molecule has 7 nitrogen and oxygen atoms in total. The third-order valence-corrected chi connectivity index (χ3v) is 5.09. The number of hydrogen-bond acceptors (Lipinski definition) is 6. The van der Waals surface area contributed by atoms with Crippen LogP contribution in [-0.2, 0) is 19.7 Å². The van der Waals surface area contributed by atoms with Crippen LogP contribution in [0.4, 0.5) is 11.4 Å². The lowest BCUT2D eigenvalue weighted by atomic mass is 9.83. The molecule has 0 atom stereocenters. The summed E-state index contributed by atoms with van der Waals surface area (Å²) >= 11 is 0. The van der Waals surface area contributed by atoms with Gasteiger partial charge in [0.05, 0.1) is 4.92 Å². The number of allylic oxidation sites excluding steroid dienone is 1. The molecule has 0 spiro atoms. The summed E-state index contributed by atoms with van der Waals surface area (Å²) in [7, 11) is 1.90. The van der Waals surface area contributed by atoms with E-state index in [9.17, 15) is 19.7 Å². The Morgan fingerprint density at radius 1 is 1.17 bits per heavy atom. The van der Waals surface area contributed by atoms with E-state index in [0.717, 1.165) is 23.0 Å². The van der Waals surface area contributed by atoms with Crippen LogP contribution >= 0.6 is 0 Å². The van der Waals surface area contributed by atoms with E-state index in [0.29, 0.717) is 5.56 Å². The smallest absolute Gasteiger partial charge is 0.331 e. The van der Waals surface area contributed by atoms with E-state index in [2.05, 4.69) is 0 Å². The van der Waals surface area contributed by atoms with Crippen molar-refractivity contribution < 1.29 is 19.2 Å². The number of nitro groups is 1. The largest absolute Gasteiger partial charge is 0.454 e. The maximum atomic E-state index is 12.4. The van der Waals surface area contributed by atoms with Crippen LogP contribution in [0.15, 0.2) is 66.4 Å². The van der Waals surface area contributed by atoms with Gasteiger partial charge in [0.1, 0.15) is 0 Å². The zero-order valence-electron chi connectivity index (χ0n) is 17.0. The molecule has 30 heavy (non-hydrogen) atoms. The fourth-order valence-electron chi connectivity index (χ4n) is 3.55. The van der Waals surface area contributed by atoms with Crippen LogP contribution in [0.5, 0.6) is 0 Å². The number of carbonyl (C=O) groups is 2. The summed E-state index contributed by atoms with van der Waals surface area (Å²) in [6.45, 7) is 3.70. The first-order chi connectivity index (χ1) is 14.2. The number of rotatable bonds is 6. The highest BCUT2D eigenvalue weighted by molar-refractivity contribution is 5.96. The first-order valence-electron chi connectivity index (χ1n) is 9.37. The average Bonchev–Trinajstić information content (AvgIpc) is 2.92. The minimum absolute atomic E-state index is 0.0726. The topological polar surface area (TPSA) is 89.8 Å². The highest BCUT2D eigenvalue weighted by Crippen LogP contribution is 2.46. The third-order valence-electron chi connectivity index (χ3n) is 5.09. The van der Waals surface area contributed by atoms with Gasteiger partial charge in [-0.05, 0) is 23.3 Å². The van der Waals surface area contributed by atoms with Gasteiger partial charge in [-0.25, -0.2) is 4.79 Å². The lowest BCUT2D eigenvalue weighted by Crippen LogP contribution is -2.25. The first kappa shape index (κ1) is 21.0. The van der Waals surface area contributed by atoms with Gasteiger partial charge < -0.3 is 9.64 Å². The quantitative estimate of drug-likeness (QED) is 0.311. The van der Waals surface area contributed by atoms with Crippen LogP contribution in [-0.4, -0.2) is 30.3 Å². The van der Waals surface area contributed by atoms with Gasteiger partial charge in [-0.1, -0.05) is 44.2 Å². The fourth-order valence-corrected chi connectivity index (χ4v) is 3.55. The molecule has 1 aliphatic heterocycles. The summed E-state index contributed by atoms with van der Waals surface area (Å²) in [5.41, 5.74) is 3.07. The van der Waals surface area contributed by atoms with Gasteiger partial charge in [-0.2, -0.15) is 0 Å². The monoisotopic (exact) mass is 406 g/mol. The number of esters is 1. The Morgan fingerprint density at radius 3 is 2.60 bits per heavy atom. The van der Waals surface area contributed by atoms with Crippen molar-refractivity contribution in [3.05, 3.63) is 87.6 Å². The predicted molar refractivity (Wildman–Crippen MR) is 114 cm³/mol. The molecule has 0 saturated heterocycles. The molecule has 0 N–H and O–H groups in total. The molecular formula is C23H22N2O5. The van der Waals surface area contributed by atoms with E-state index in [1.807, 2.05) is 50.1 Å². The number of nitrogens with zero attached hydrogens (tertiary/aromatic N) is 2. The lowest BCUT2D eigenvalue weighted by Gasteiger charge is -2.23. The standard InChI is InChI=1S/C23H22N2O5/c1-23(2)19-9-4-5-10-20(19)24(3)21(23)14-18(26)15-30-22(27)12-11-16-7-6-8-17(13-16)25(28)29/h4-14H,15H2,1-3H3. The molecule has 7 heteroatoms. The molecule has 0 unspecified atom stereocenters. The number of ketones is 1. The van der Waals surface area contributed by atoms with Gasteiger partial charge in [-0.15, -0.1) is 0 Å². The molecule has 0 saturated carbocycles. The number of non-ortho nitro benzene ring substituents is 1. The molecule has 0 amide bonds. The first-order valence-corrected chi connectivity index (χ1v) is 9.37. The number of benzene rings is 2. The second-order valence-corrected chi connectivity index (χ2v) is 7.49. The number of carbonyl (C=O) groups excluding carboxylic acids is 2. The number of fused-ring (bicyclic) bond motifs is 1. The van der Waals surface area contributed by atoms with E-state index in [1.54, 1.807) is 6.07 Å². The van der Waals surface area contributed by atoms with Crippen molar-refractivity contribution in [3.8, 4) is 0 Å². The molecule has 0 radical (unpaired) electrons. The normalized spacial score (nSPS) is 16.0. The number of para-hydroxylation sites is 1. The number of ether oxygens (including phenoxy) is 1. The summed E-state index contributed by atoms with van der Waals surface area (Å²) in [6.07, 6.45) is 4.06. The van der Waals surface area contributed by atoms with Crippen molar-refractivity contribution in [2.75, 3.05) is 18.6 Å². The lowest BCUT2D eigenvalue weighted by molar-refractivity contribution is -0.384. The van der Waals surface area contributed by atoms with Crippen molar-refractivity contribution >= 4 is 29.2 Å². The highest BCUT2D eigenvalue weighted by atomic mass is 16.6. The zero-order chi connectivity index (χ0) is 21.9. The highest BCUT2D eigenvalue weighted by Gasteiger charge is 2.38. The van der Waals surface area contributed by atoms with E-state index in [4.69, 9.17) is 4.74 Å². The Kier molecular flexibility index (Phi) is 5.82. The molecule has 0 aliphatic carbocycles. The van der Waals surface area contributed by atoms with Crippen LogP contribution in [0.25, 0.3) is 6.08 Å². The van der Waals surface area contributed by atoms with Gasteiger partial charge in [0.25, 0.3) is 5.69 Å². The van der Waals surface area contributed by atoms with E-state index in [1.165, 1.54) is 30.4 Å². The number of nitro benzene ring substituents is 1. The number of hydrogen-bond donors (Lipinski definition) is 0. The minimum Gasteiger partial charge on any atom is -0.454 e.